The van der Waals surface area contributed by atoms with E-state index in [1.165, 1.54) is 30.4 Å². The van der Waals surface area contributed by atoms with Crippen LogP contribution < -0.4 is 24.8 Å². The minimum Gasteiger partial charge on any atom is -1.00 e. The zero-order valence-electron chi connectivity index (χ0n) is 14.7. The average Bonchev–Trinajstić information content (AvgIpc) is 3.15. The van der Waals surface area contributed by atoms with Gasteiger partial charge in [-0.25, -0.2) is 0 Å². The summed E-state index contributed by atoms with van der Waals surface area (Å²) < 4.78 is 2.54. The van der Waals surface area contributed by atoms with Crippen molar-refractivity contribution in [3.05, 3.63) is 80.2 Å². The van der Waals surface area contributed by atoms with Gasteiger partial charge in [0.1, 0.15) is 0 Å². The summed E-state index contributed by atoms with van der Waals surface area (Å²) in [5.74, 6) is 0. The SMILES string of the molecule is CCC1=CC[C]([Zr+2][CH]2c3ccccc3-c3ccccc32)=C1CC.[Cl-].[Cl-]. The molecule has 128 valence electrons. The zero-order valence-corrected chi connectivity index (χ0v) is 18.6. The molecule has 0 nitrogen and oxygen atoms in total. The Bertz CT molecular complexity index is 775. The molecule has 3 heteroatoms. The van der Waals surface area contributed by atoms with Crippen molar-refractivity contribution in [2.24, 2.45) is 0 Å². The Morgan fingerprint density at radius 2 is 1.40 bits per heavy atom. The van der Waals surface area contributed by atoms with Crippen molar-refractivity contribution in [3.63, 3.8) is 0 Å². The fourth-order valence-corrected chi connectivity index (χ4v) is 8.75. The minimum absolute atomic E-state index is 0. The van der Waals surface area contributed by atoms with Gasteiger partial charge in [0.15, 0.2) is 0 Å². The standard InChI is InChI=1S/C13H9.C9H13.2ClH.Zr/c1-3-7-12-10(5-1)9-11-6-2-4-8-13(11)12;1-3-8-6-5-7-9(8)4-2;;;/h1-9H;6H,3-5H2,1-2H3;2*1H;/q;;;;+2/p-2. The molecular formula is C22H22Cl2Zr. The topological polar surface area (TPSA) is 0 Å². The second-order valence-electron chi connectivity index (χ2n) is 6.35. The number of allylic oxidation sites excluding steroid dienone is 4. The van der Waals surface area contributed by atoms with Crippen LogP contribution in [0.1, 0.15) is 47.9 Å². The van der Waals surface area contributed by atoms with E-state index in [9.17, 15) is 0 Å². The van der Waals surface area contributed by atoms with Gasteiger partial charge in [-0.05, 0) is 0 Å². The second-order valence-corrected chi connectivity index (χ2v) is 9.96. The maximum absolute atomic E-state index is 2.50. The average molecular weight is 449 g/mol. The minimum atomic E-state index is -0.662. The first-order chi connectivity index (χ1) is 11.3. The number of benzene rings is 2. The molecule has 0 spiro atoms. The van der Waals surface area contributed by atoms with Crippen molar-refractivity contribution in [1.82, 2.24) is 0 Å². The summed E-state index contributed by atoms with van der Waals surface area (Å²) >= 11 is -0.662. The first-order valence-corrected chi connectivity index (χ1v) is 11.3. The molecule has 0 fully saturated rings. The quantitative estimate of drug-likeness (QED) is 0.629. The van der Waals surface area contributed by atoms with Crippen LogP contribution in [0.15, 0.2) is 69.0 Å². The smallest absolute Gasteiger partial charge is 1.00 e. The van der Waals surface area contributed by atoms with Crippen LogP contribution in [-0.4, -0.2) is 0 Å². The number of fused-ring (bicyclic) bond motifs is 3. The summed E-state index contributed by atoms with van der Waals surface area (Å²) in [5.41, 5.74) is 9.48. The van der Waals surface area contributed by atoms with E-state index in [4.69, 9.17) is 0 Å². The van der Waals surface area contributed by atoms with E-state index >= 15 is 0 Å². The molecule has 0 aliphatic heterocycles. The van der Waals surface area contributed by atoms with E-state index in [0.717, 1.165) is 0 Å². The number of halogens is 2. The van der Waals surface area contributed by atoms with E-state index in [0.29, 0.717) is 3.63 Å². The van der Waals surface area contributed by atoms with E-state index in [-0.39, 0.29) is 24.8 Å². The van der Waals surface area contributed by atoms with E-state index < -0.39 is 23.2 Å². The second kappa shape index (κ2) is 8.85. The van der Waals surface area contributed by atoms with Crippen LogP contribution in [0.4, 0.5) is 0 Å². The molecule has 0 heterocycles. The molecule has 0 amide bonds. The molecule has 4 rings (SSSR count). The van der Waals surface area contributed by atoms with Gasteiger partial charge in [-0.3, -0.25) is 0 Å². The van der Waals surface area contributed by atoms with Crippen LogP contribution >= 0.6 is 0 Å². The molecule has 2 aromatic carbocycles. The third-order valence-electron chi connectivity index (χ3n) is 5.19. The summed E-state index contributed by atoms with van der Waals surface area (Å²) in [5, 5.41) is 0. The van der Waals surface area contributed by atoms with Crippen molar-refractivity contribution in [3.8, 4) is 11.1 Å². The molecule has 25 heavy (non-hydrogen) atoms. The van der Waals surface area contributed by atoms with Gasteiger partial charge in [0, 0.05) is 0 Å². The summed E-state index contributed by atoms with van der Waals surface area (Å²) in [6.07, 6.45) is 6.15. The Balaban J connectivity index is 0.00000113. The van der Waals surface area contributed by atoms with Crippen molar-refractivity contribution < 1.29 is 48.0 Å². The zero-order chi connectivity index (χ0) is 15.8. The molecule has 0 N–H and O–H groups in total. The molecular weight excluding hydrogens is 426 g/mol. The number of hydrogen-bond donors (Lipinski definition) is 0. The van der Waals surface area contributed by atoms with E-state index in [1.54, 1.807) is 22.3 Å². The molecule has 2 aromatic rings. The third-order valence-corrected chi connectivity index (χ3v) is 9.53. The predicted octanol–water partition coefficient (Wildman–Crippen LogP) is 0.251. The molecule has 0 atom stereocenters. The van der Waals surface area contributed by atoms with Gasteiger partial charge in [0.25, 0.3) is 0 Å². The monoisotopic (exact) mass is 446 g/mol. The molecule has 0 radical (unpaired) electrons. The largest absolute Gasteiger partial charge is 1.00 e. The molecule has 0 saturated carbocycles. The molecule has 0 unspecified atom stereocenters. The summed E-state index contributed by atoms with van der Waals surface area (Å²) in [7, 11) is 0. The van der Waals surface area contributed by atoms with Crippen molar-refractivity contribution in [2.75, 3.05) is 0 Å². The van der Waals surface area contributed by atoms with Crippen LogP contribution in [0, 0.1) is 0 Å². The van der Waals surface area contributed by atoms with E-state index in [2.05, 4.69) is 68.5 Å². The normalized spacial score (nSPS) is 14.9. The van der Waals surface area contributed by atoms with Crippen molar-refractivity contribution in [1.29, 1.82) is 0 Å². The first kappa shape index (κ1) is 20.7. The molecule has 2 aliphatic carbocycles. The maximum atomic E-state index is 2.50. The van der Waals surface area contributed by atoms with Crippen LogP contribution in [0.5, 0.6) is 0 Å². The van der Waals surface area contributed by atoms with Crippen LogP contribution in [-0.2, 0) is 23.2 Å². The van der Waals surface area contributed by atoms with Crippen molar-refractivity contribution in [2.45, 2.75) is 36.7 Å². The number of rotatable bonds is 4. The van der Waals surface area contributed by atoms with Crippen LogP contribution in [0.25, 0.3) is 11.1 Å². The fourth-order valence-electron chi connectivity index (χ4n) is 4.09. The summed E-state index contributed by atoms with van der Waals surface area (Å²) in [4.78, 5) is 0. The first-order valence-electron chi connectivity index (χ1n) is 8.69. The van der Waals surface area contributed by atoms with E-state index in [1.807, 2.05) is 3.28 Å². The Hall–Kier alpha value is -0.617. The van der Waals surface area contributed by atoms with Crippen LogP contribution in [0.3, 0.4) is 0 Å². The Labute approximate surface area is 175 Å². The van der Waals surface area contributed by atoms with Gasteiger partial charge >= 0.3 is 151 Å². The predicted molar refractivity (Wildman–Crippen MR) is 94.0 cm³/mol. The molecule has 0 saturated heterocycles. The van der Waals surface area contributed by atoms with Gasteiger partial charge in [-0.1, -0.05) is 0 Å². The number of hydrogen-bond acceptors (Lipinski definition) is 0. The molecule has 0 aromatic heterocycles. The third kappa shape index (κ3) is 3.62. The summed E-state index contributed by atoms with van der Waals surface area (Å²) in [6, 6.07) is 18.2. The fraction of sp³-hybridized carbons (Fsp3) is 0.273. The Morgan fingerprint density at radius 3 is 1.92 bits per heavy atom. The van der Waals surface area contributed by atoms with Gasteiger partial charge in [0.05, 0.1) is 0 Å². The summed E-state index contributed by atoms with van der Waals surface area (Å²) in [6.45, 7) is 4.63. The molecule has 2 aliphatic rings. The Kier molecular flexibility index (Phi) is 7.33. The van der Waals surface area contributed by atoms with Gasteiger partial charge in [0.2, 0.25) is 0 Å². The van der Waals surface area contributed by atoms with Gasteiger partial charge in [-0.15, -0.1) is 0 Å². The van der Waals surface area contributed by atoms with Gasteiger partial charge in [-0.2, -0.15) is 0 Å². The maximum Gasteiger partial charge on any atom is -1.00 e. The van der Waals surface area contributed by atoms with Gasteiger partial charge < -0.3 is 24.8 Å². The van der Waals surface area contributed by atoms with Crippen molar-refractivity contribution >= 4 is 0 Å². The molecule has 0 bridgehead atoms. The van der Waals surface area contributed by atoms with Crippen LogP contribution in [0.2, 0.25) is 0 Å². The Morgan fingerprint density at radius 1 is 0.840 bits per heavy atom.